The van der Waals surface area contributed by atoms with Crippen LogP contribution in [-0.2, 0) is 0 Å². The van der Waals surface area contributed by atoms with Crippen molar-refractivity contribution in [2.24, 2.45) is 0 Å². The van der Waals surface area contributed by atoms with Crippen molar-refractivity contribution in [2.45, 2.75) is 83.2 Å². The molecule has 0 rings (SSSR count). The normalized spacial score (nSPS) is 13.1. The highest BCUT2D eigenvalue weighted by atomic mass is 28.4. The van der Waals surface area contributed by atoms with Gasteiger partial charge in [0.2, 0.25) is 16.8 Å². The SMILES string of the molecule is CCC[Si](F)(CCC)C[Si](F)(CCC)CCC. The molecular weight excluding hydrogens is 250 g/mol. The molecule has 0 fully saturated rings. The lowest BCUT2D eigenvalue weighted by Crippen LogP contribution is -2.41. The van der Waals surface area contributed by atoms with E-state index in [1.807, 2.05) is 27.7 Å². The Balaban J connectivity index is 4.65. The maximum Gasteiger partial charge on any atom is 0.246 e. The molecule has 0 bridgehead atoms. The van der Waals surface area contributed by atoms with E-state index in [0.717, 1.165) is 25.7 Å². The first-order chi connectivity index (χ1) is 7.95. The second-order valence-corrected chi connectivity index (χ2v) is 13.5. The van der Waals surface area contributed by atoms with Crippen LogP contribution < -0.4 is 0 Å². The first-order valence-electron chi connectivity index (χ1n) is 7.33. The molecule has 0 atom stereocenters. The molecule has 0 radical (unpaired) electrons. The van der Waals surface area contributed by atoms with E-state index in [4.69, 9.17) is 0 Å². The van der Waals surface area contributed by atoms with Gasteiger partial charge in [0.1, 0.15) is 0 Å². The highest BCUT2D eigenvalue weighted by Gasteiger charge is 2.44. The molecule has 0 unspecified atom stereocenters. The van der Waals surface area contributed by atoms with Crippen LogP contribution in [0, 0.1) is 0 Å². The fourth-order valence-corrected chi connectivity index (χ4v) is 14.4. The second kappa shape index (κ2) is 8.41. The van der Waals surface area contributed by atoms with Gasteiger partial charge in [-0.3, -0.25) is 0 Å². The van der Waals surface area contributed by atoms with E-state index in [1.54, 1.807) is 0 Å². The lowest BCUT2D eigenvalue weighted by molar-refractivity contribution is 0.694. The summed E-state index contributed by atoms with van der Waals surface area (Å²) in [4.78, 5) is 0. The number of rotatable bonds is 10. The van der Waals surface area contributed by atoms with Crippen molar-refractivity contribution in [1.29, 1.82) is 0 Å². The number of hydrogen-bond donors (Lipinski definition) is 0. The molecule has 0 nitrogen and oxygen atoms in total. The second-order valence-electron chi connectivity index (χ2n) is 5.48. The van der Waals surface area contributed by atoms with Crippen LogP contribution in [-0.4, -0.2) is 16.8 Å². The third-order valence-corrected chi connectivity index (χ3v) is 14.1. The molecule has 0 heterocycles. The van der Waals surface area contributed by atoms with Gasteiger partial charge in [0.25, 0.3) is 0 Å². The summed E-state index contributed by atoms with van der Waals surface area (Å²) in [5, 5.41) is 0. The van der Waals surface area contributed by atoms with Crippen molar-refractivity contribution < 1.29 is 8.22 Å². The van der Waals surface area contributed by atoms with Crippen LogP contribution >= 0.6 is 0 Å². The lowest BCUT2D eigenvalue weighted by atomic mass is 10.6. The van der Waals surface area contributed by atoms with Gasteiger partial charge in [0.05, 0.1) is 0 Å². The van der Waals surface area contributed by atoms with Crippen LogP contribution in [0.1, 0.15) is 53.4 Å². The zero-order valence-corrected chi connectivity index (χ0v) is 14.1. The quantitative estimate of drug-likeness (QED) is 0.340. The maximum absolute atomic E-state index is 14.9. The van der Waals surface area contributed by atoms with Gasteiger partial charge in [-0.05, 0) is 29.8 Å². The van der Waals surface area contributed by atoms with Gasteiger partial charge in [-0.1, -0.05) is 53.4 Å². The molecule has 0 spiro atoms. The molecule has 0 N–H and O–H groups in total. The molecule has 0 saturated heterocycles. The molecule has 0 aliphatic carbocycles. The monoisotopic (exact) mass is 280 g/mol. The molecular formula is C13H30F2Si2. The van der Waals surface area contributed by atoms with Gasteiger partial charge in [0.15, 0.2) is 0 Å². The minimum absolute atomic E-state index is 0.378. The molecule has 0 aliphatic heterocycles. The molecule has 0 aromatic carbocycles. The molecule has 0 amide bonds. The largest absolute Gasteiger partial charge is 0.314 e. The molecule has 4 heteroatoms. The van der Waals surface area contributed by atoms with Crippen LogP contribution in [0.5, 0.6) is 0 Å². The predicted molar refractivity (Wildman–Crippen MR) is 78.9 cm³/mol. The Morgan fingerprint density at radius 1 is 0.588 bits per heavy atom. The average Bonchev–Trinajstić information content (AvgIpc) is 2.17. The zero-order chi connectivity index (χ0) is 13.4. The molecule has 104 valence electrons. The van der Waals surface area contributed by atoms with E-state index in [9.17, 15) is 8.22 Å². The van der Waals surface area contributed by atoms with Crippen molar-refractivity contribution in [2.75, 3.05) is 0 Å². The molecule has 0 aromatic rings. The highest BCUT2D eigenvalue weighted by molar-refractivity contribution is 6.91. The van der Waals surface area contributed by atoms with Gasteiger partial charge in [0, 0.05) is 0 Å². The fourth-order valence-electron chi connectivity index (χ4n) is 2.96. The van der Waals surface area contributed by atoms with Gasteiger partial charge in [-0.2, -0.15) is 0 Å². The molecule has 17 heavy (non-hydrogen) atoms. The Hall–Kier alpha value is 0.294. The molecule has 0 saturated carbocycles. The third kappa shape index (κ3) is 6.70. The van der Waals surface area contributed by atoms with Crippen molar-refractivity contribution >= 4 is 16.8 Å². The lowest BCUT2D eigenvalue weighted by Gasteiger charge is -2.30. The molecule has 0 aliphatic rings. The number of hydrogen-bond acceptors (Lipinski definition) is 0. The van der Waals surface area contributed by atoms with Gasteiger partial charge in [-0.15, -0.1) is 0 Å². The van der Waals surface area contributed by atoms with Crippen molar-refractivity contribution in [3.63, 3.8) is 0 Å². The van der Waals surface area contributed by atoms with Gasteiger partial charge >= 0.3 is 0 Å². The van der Waals surface area contributed by atoms with Crippen molar-refractivity contribution in [3.05, 3.63) is 0 Å². The van der Waals surface area contributed by atoms with Gasteiger partial charge < -0.3 is 8.22 Å². The first kappa shape index (κ1) is 17.3. The van der Waals surface area contributed by atoms with Crippen LogP contribution in [0.2, 0.25) is 29.8 Å². The Morgan fingerprint density at radius 3 is 1.00 bits per heavy atom. The topological polar surface area (TPSA) is 0 Å². The van der Waals surface area contributed by atoms with E-state index in [0.29, 0.717) is 29.8 Å². The summed E-state index contributed by atoms with van der Waals surface area (Å²) in [5.41, 5.74) is 0.378. The zero-order valence-electron chi connectivity index (χ0n) is 12.1. The maximum atomic E-state index is 14.9. The Kier molecular flexibility index (Phi) is 8.55. The van der Waals surface area contributed by atoms with Crippen LogP contribution in [0.25, 0.3) is 0 Å². The Bertz CT molecular complexity index is 166. The van der Waals surface area contributed by atoms with E-state index < -0.39 is 16.8 Å². The summed E-state index contributed by atoms with van der Waals surface area (Å²) in [6.45, 7) is 8.10. The van der Waals surface area contributed by atoms with Crippen molar-refractivity contribution in [1.82, 2.24) is 0 Å². The van der Waals surface area contributed by atoms with E-state index in [-0.39, 0.29) is 0 Å². The Morgan fingerprint density at radius 2 is 0.824 bits per heavy atom. The summed E-state index contributed by atoms with van der Waals surface area (Å²) >= 11 is 0. The summed E-state index contributed by atoms with van der Waals surface area (Å²) < 4.78 is 29.7. The Labute approximate surface area is 109 Å². The summed E-state index contributed by atoms with van der Waals surface area (Å²) in [7, 11) is -5.55. The van der Waals surface area contributed by atoms with Crippen LogP contribution in [0.15, 0.2) is 0 Å². The summed E-state index contributed by atoms with van der Waals surface area (Å²) in [6.07, 6.45) is 3.52. The third-order valence-electron chi connectivity index (χ3n) is 3.43. The smallest absolute Gasteiger partial charge is 0.246 e. The highest BCUT2D eigenvalue weighted by Crippen LogP contribution is 2.36. The minimum Gasteiger partial charge on any atom is -0.314 e. The molecule has 0 aromatic heterocycles. The first-order valence-corrected chi connectivity index (χ1v) is 12.3. The summed E-state index contributed by atoms with van der Waals surface area (Å²) in [6, 6.07) is 2.69. The van der Waals surface area contributed by atoms with E-state index in [1.165, 1.54) is 0 Å². The van der Waals surface area contributed by atoms with E-state index >= 15 is 0 Å². The fraction of sp³-hybridized carbons (Fsp3) is 1.00. The summed E-state index contributed by atoms with van der Waals surface area (Å²) in [5.74, 6) is 0. The van der Waals surface area contributed by atoms with Crippen molar-refractivity contribution in [3.8, 4) is 0 Å². The number of halogens is 2. The minimum atomic E-state index is -2.77. The average molecular weight is 281 g/mol. The predicted octanol–water partition coefficient (Wildman–Crippen LogP) is 6.00. The van der Waals surface area contributed by atoms with Gasteiger partial charge in [-0.25, -0.2) is 0 Å². The van der Waals surface area contributed by atoms with E-state index in [2.05, 4.69) is 0 Å². The van der Waals surface area contributed by atoms with Crippen LogP contribution in [0.3, 0.4) is 0 Å². The standard InChI is InChI=1S/C13H30F2Si2/c1-5-9-16(14,10-6-2)13-17(15,11-7-3)12-8-4/h5-13H2,1-4H3. The van der Waals surface area contributed by atoms with Crippen LogP contribution in [0.4, 0.5) is 8.22 Å².